The van der Waals surface area contributed by atoms with Gasteiger partial charge >= 0.3 is 0 Å². The lowest BCUT2D eigenvalue weighted by molar-refractivity contribution is 0.0991. The van der Waals surface area contributed by atoms with Gasteiger partial charge in [0.15, 0.2) is 6.29 Å². The van der Waals surface area contributed by atoms with Gasteiger partial charge in [0.05, 0.1) is 5.69 Å². The van der Waals surface area contributed by atoms with Gasteiger partial charge in [0.1, 0.15) is 0 Å². The molecule has 168 valence electrons. The van der Waals surface area contributed by atoms with Crippen molar-refractivity contribution in [3.05, 3.63) is 119 Å². The molecule has 0 aliphatic carbocycles. The van der Waals surface area contributed by atoms with Gasteiger partial charge in [0, 0.05) is 29.4 Å². The molecule has 4 aromatic rings. The minimum Gasteiger partial charge on any atom is -0.322 e. The topological polar surface area (TPSA) is 66.5 Å². The Morgan fingerprint density at radius 3 is 2.15 bits per heavy atom. The van der Waals surface area contributed by atoms with Gasteiger partial charge in [0.25, 0.3) is 11.8 Å². The molecule has 5 heteroatoms. The Kier molecular flexibility index (Phi) is 6.64. The first-order valence-electron chi connectivity index (χ1n) is 10.9. The van der Waals surface area contributed by atoms with Crippen molar-refractivity contribution in [2.45, 2.75) is 6.92 Å². The minimum atomic E-state index is -0.253. The maximum atomic E-state index is 13.0. The Morgan fingerprint density at radius 2 is 1.44 bits per heavy atom. The molecule has 0 heterocycles. The zero-order chi connectivity index (χ0) is 24.1. The number of para-hydroxylation sites is 1. The third-order valence-electron chi connectivity index (χ3n) is 5.65. The smallest absolute Gasteiger partial charge is 0.258 e. The van der Waals surface area contributed by atoms with E-state index in [2.05, 4.69) is 5.32 Å². The lowest BCUT2D eigenvalue weighted by Gasteiger charge is -2.19. The van der Waals surface area contributed by atoms with Crippen LogP contribution in [0.4, 0.5) is 11.4 Å². The summed E-state index contributed by atoms with van der Waals surface area (Å²) in [6, 6.07) is 29.1. The van der Waals surface area contributed by atoms with Gasteiger partial charge in [-0.1, -0.05) is 60.2 Å². The number of benzene rings is 4. The number of anilines is 2. The molecule has 1 N–H and O–H groups in total. The fraction of sp³-hybridized carbons (Fsp3) is 0.0690. The molecule has 0 saturated heterocycles. The molecule has 0 aliphatic heterocycles. The summed E-state index contributed by atoms with van der Waals surface area (Å²) >= 11 is 0. The quantitative estimate of drug-likeness (QED) is 0.368. The van der Waals surface area contributed by atoms with Crippen LogP contribution in [-0.2, 0) is 0 Å². The summed E-state index contributed by atoms with van der Waals surface area (Å²) in [7, 11) is 1.63. The van der Waals surface area contributed by atoms with Crippen LogP contribution in [0, 0.1) is 6.92 Å². The second-order valence-corrected chi connectivity index (χ2v) is 7.98. The summed E-state index contributed by atoms with van der Waals surface area (Å²) < 4.78 is 0. The Morgan fingerprint density at radius 1 is 0.794 bits per heavy atom. The number of aldehydes is 1. The molecule has 34 heavy (non-hydrogen) atoms. The first-order chi connectivity index (χ1) is 16.5. The van der Waals surface area contributed by atoms with E-state index in [0.29, 0.717) is 28.1 Å². The van der Waals surface area contributed by atoms with Crippen molar-refractivity contribution in [2.75, 3.05) is 17.3 Å². The van der Waals surface area contributed by atoms with Crippen molar-refractivity contribution in [1.82, 2.24) is 0 Å². The summed E-state index contributed by atoms with van der Waals surface area (Å²) in [5, 5.41) is 2.91. The number of hydrogen-bond donors (Lipinski definition) is 1. The highest BCUT2D eigenvalue weighted by molar-refractivity contribution is 6.10. The van der Waals surface area contributed by atoms with E-state index >= 15 is 0 Å². The Bertz CT molecular complexity index is 1340. The predicted octanol–water partition coefficient (Wildman–Crippen LogP) is 6.00. The Hall–Kier alpha value is -4.51. The van der Waals surface area contributed by atoms with Crippen LogP contribution in [0.2, 0.25) is 0 Å². The monoisotopic (exact) mass is 448 g/mol. The van der Waals surface area contributed by atoms with Crippen molar-refractivity contribution >= 4 is 29.5 Å². The van der Waals surface area contributed by atoms with Crippen molar-refractivity contribution in [3.8, 4) is 11.1 Å². The van der Waals surface area contributed by atoms with Crippen LogP contribution in [0.5, 0.6) is 0 Å². The Balaban J connectivity index is 1.51. The average molecular weight is 449 g/mol. The molecule has 2 amide bonds. The minimum absolute atomic E-state index is 0.229. The van der Waals surface area contributed by atoms with E-state index in [1.165, 1.54) is 4.90 Å². The highest BCUT2D eigenvalue weighted by atomic mass is 16.2. The summed E-state index contributed by atoms with van der Waals surface area (Å²) in [5.41, 5.74) is 5.54. The van der Waals surface area contributed by atoms with E-state index in [-0.39, 0.29) is 11.8 Å². The SMILES string of the molecule is Cc1ccc(-c2ccccc2C(=O)Nc2ccc(C(=O)N(C)c3ccccc3C=O)cc2)cc1. The van der Waals surface area contributed by atoms with E-state index < -0.39 is 0 Å². The number of aryl methyl sites for hydroxylation is 1. The fourth-order valence-electron chi connectivity index (χ4n) is 3.76. The molecule has 0 unspecified atom stereocenters. The van der Waals surface area contributed by atoms with Crippen molar-refractivity contribution in [2.24, 2.45) is 0 Å². The molecule has 0 aromatic heterocycles. The molecule has 4 aromatic carbocycles. The normalized spacial score (nSPS) is 10.4. The largest absolute Gasteiger partial charge is 0.322 e. The molecule has 0 saturated carbocycles. The average Bonchev–Trinajstić information content (AvgIpc) is 2.88. The van der Waals surface area contributed by atoms with Crippen LogP contribution in [0.1, 0.15) is 36.6 Å². The van der Waals surface area contributed by atoms with E-state index in [0.717, 1.165) is 23.0 Å². The molecule has 5 nitrogen and oxygen atoms in total. The molecule has 0 spiro atoms. The van der Waals surface area contributed by atoms with Crippen molar-refractivity contribution in [1.29, 1.82) is 0 Å². The molecule has 0 aliphatic rings. The molecule has 4 rings (SSSR count). The first kappa shape index (κ1) is 22.7. The highest BCUT2D eigenvalue weighted by Crippen LogP contribution is 2.25. The Labute approximate surface area is 198 Å². The summed E-state index contributed by atoms with van der Waals surface area (Å²) in [5.74, 6) is -0.482. The zero-order valence-corrected chi connectivity index (χ0v) is 19.0. The third kappa shape index (κ3) is 4.79. The molecule has 0 bridgehead atoms. The van der Waals surface area contributed by atoms with Crippen molar-refractivity contribution in [3.63, 3.8) is 0 Å². The van der Waals surface area contributed by atoms with Gasteiger partial charge in [-0.15, -0.1) is 0 Å². The zero-order valence-electron chi connectivity index (χ0n) is 19.0. The number of amides is 2. The molecule has 0 radical (unpaired) electrons. The molecule has 0 atom stereocenters. The second-order valence-electron chi connectivity index (χ2n) is 7.98. The standard InChI is InChI=1S/C29H24N2O3/c1-20-11-13-21(14-12-20)25-8-4-5-9-26(25)28(33)30-24-17-15-22(16-18-24)29(34)31(2)27-10-6-3-7-23(27)19-32/h3-19H,1-2H3,(H,30,33). The highest BCUT2D eigenvalue weighted by Gasteiger charge is 2.17. The van der Waals surface area contributed by atoms with Gasteiger partial charge in [-0.3, -0.25) is 14.4 Å². The lowest BCUT2D eigenvalue weighted by atomic mass is 9.98. The maximum Gasteiger partial charge on any atom is 0.258 e. The van der Waals surface area contributed by atoms with Gasteiger partial charge < -0.3 is 10.2 Å². The van der Waals surface area contributed by atoms with Crippen LogP contribution in [0.3, 0.4) is 0 Å². The van der Waals surface area contributed by atoms with Crippen LogP contribution in [0.25, 0.3) is 11.1 Å². The van der Waals surface area contributed by atoms with Crippen molar-refractivity contribution < 1.29 is 14.4 Å². The number of hydrogen-bond acceptors (Lipinski definition) is 3. The van der Waals surface area contributed by atoms with E-state index in [4.69, 9.17) is 0 Å². The number of nitrogens with zero attached hydrogens (tertiary/aromatic N) is 1. The molecular weight excluding hydrogens is 424 g/mol. The fourth-order valence-corrected chi connectivity index (χ4v) is 3.76. The molecule has 0 fully saturated rings. The lowest BCUT2D eigenvalue weighted by Crippen LogP contribution is -2.27. The first-order valence-corrected chi connectivity index (χ1v) is 10.9. The van der Waals surface area contributed by atoms with Crippen LogP contribution >= 0.6 is 0 Å². The number of carbonyl (C=O) groups excluding carboxylic acids is 3. The number of rotatable bonds is 6. The van der Waals surface area contributed by atoms with Crippen LogP contribution < -0.4 is 10.2 Å². The van der Waals surface area contributed by atoms with Crippen LogP contribution in [0.15, 0.2) is 97.1 Å². The maximum absolute atomic E-state index is 13.0. The number of carbonyl (C=O) groups is 3. The van der Waals surface area contributed by atoms with Gasteiger partial charge in [-0.2, -0.15) is 0 Å². The second kappa shape index (κ2) is 9.96. The van der Waals surface area contributed by atoms with E-state index in [9.17, 15) is 14.4 Å². The van der Waals surface area contributed by atoms with Gasteiger partial charge in [-0.25, -0.2) is 0 Å². The third-order valence-corrected chi connectivity index (χ3v) is 5.65. The molecular formula is C29H24N2O3. The van der Waals surface area contributed by atoms with E-state index in [1.807, 2.05) is 49.4 Å². The summed E-state index contributed by atoms with van der Waals surface area (Å²) in [4.78, 5) is 38.7. The number of nitrogens with one attached hydrogen (secondary N) is 1. The predicted molar refractivity (Wildman–Crippen MR) is 136 cm³/mol. The van der Waals surface area contributed by atoms with Gasteiger partial charge in [-0.05, 0) is 60.5 Å². The summed E-state index contributed by atoms with van der Waals surface area (Å²) in [6.07, 6.45) is 0.728. The van der Waals surface area contributed by atoms with Gasteiger partial charge in [0.2, 0.25) is 0 Å². The van der Waals surface area contributed by atoms with E-state index in [1.54, 1.807) is 61.6 Å². The van der Waals surface area contributed by atoms with Crippen LogP contribution in [-0.4, -0.2) is 25.1 Å². The summed E-state index contributed by atoms with van der Waals surface area (Å²) in [6.45, 7) is 2.02.